The lowest BCUT2D eigenvalue weighted by Crippen LogP contribution is -2.20. The molecule has 0 fully saturated rings. The highest BCUT2D eigenvalue weighted by atomic mass is 15.2. The lowest BCUT2D eigenvalue weighted by Gasteiger charge is -2.32. The van der Waals surface area contributed by atoms with Crippen molar-refractivity contribution in [3.63, 3.8) is 0 Å². The number of hydrogen-bond acceptors (Lipinski definition) is 2. The van der Waals surface area contributed by atoms with Gasteiger partial charge in [0.2, 0.25) is 0 Å². The Labute approximate surface area is 237 Å². The molecule has 194 valence electrons. The second-order valence-electron chi connectivity index (χ2n) is 10.5. The number of aryl methyl sites for hydroxylation is 2. The molecule has 0 unspecified atom stereocenters. The predicted octanol–water partition coefficient (Wildman–Crippen LogP) is 9.94. The fourth-order valence-electron chi connectivity index (χ4n) is 6.05. The normalized spacial score (nSPS) is 13.9. The topological polar surface area (TPSA) is 6.48 Å². The SMILES string of the molecule is C1=C(N(c2ccccc2)c2ccc(N(C3=Cc4ccccc4CC3)c3ccccc3)cc2)CCc2ccccc21. The van der Waals surface area contributed by atoms with Crippen LogP contribution in [0.15, 0.2) is 145 Å². The average Bonchev–Trinajstić information content (AvgIpc) is 3.03. The molecule has 2 aliphatic rings. The van der Waals surface area contributed by atoms with E-state index < -0.39 is 0 Å². The minimum absolute atomic E-state index is 1.01. The molecule has 0 saturated carbocycles. The molecule has 0 N–H and O–H groups in total. The molecule has 0 saturated heterocycles. The number of hydrogen-bond donors (Lipinski definition) is 0. The van der Waals surface area contributed by atoms with Gasteiger partial charge in [0.25, 0.3) is 0 Å². The summed E-state index contributed by atoms with van der Waals surface area (Å²) in [5, 5.41) is 0. The van der Waals surface area contributed by atoms with Crippen LogP contribution in [0, 0.1) is 0 Å². The maximum absolute atomic E-state index is 2.42. The molecule has 7 rings (SSSR count). The summed E-state index contributed by atoms with van der Waals surface area (Å²) in [6.45, 7) is 0. The van der Waals surface area contributed by atoms with Gasteiger partial charge in [0.05, 0.1) is 0 Å². The molecule has 2 heteroatoms. The van der Waals surface area contributed by atoms with Gasteiger partial charge in [0.15, 0.2) is 0 Å². The number of benzene rings is 5. The van der Waals surface area contributed by atoms with Crippen LogP contribution < -0.4 is 9.80 Å². The first-order valence-corrected chi connectivity index (χ1v) is 14.2. The zero-order valence-corrected chi connectivity index (χ0v) is 22.6. The zero-order valence-electron chi connectivity index (χ0n) is 22.6. The Hall–Kier alpha value is -4.82. The van der Waals surface area contributed by atoms with E-state index in [4.69, 9.17) is 0 Å². The van der Waals surface area contributed by atoms with Crippen LogP contribution in [-0.4, -0.2) is 0 Å². The summed E-state index contributed by atoms with van der Waals surface area (Å²) in [6.07, 6.45) is 8.86. The number of fused-ring (bicyclic) bond motifs is 2. The molecule has 2 aliphatic carbocycles. The number of rotatable bonds is 6. The van der Waals surface area contributed by atoms with Gasteiger partial charge in [-0.25, -0.2) is 0 Å². The lowest BCUT2D eigenvalue weighted by atomic mass is 9.94. The largest absolute Gasteiger partial charge is 0.314 e. The number of para-hydroxylation sites is 2. The monoisotopic (exact) mass is 516 g/mol. The van der Waals surface area contributed by atoms with Gasteiger partial charge in [-0.05, 0) is 109 Å². The van der Waals surface area contributed by atoms with Crippen LogP contribution in [0.4, 0.5) is 22.7 Å². The van der Waals surface area contributed by atoms with Crippen molar-refractivity contribution in [3.8, 4) is 0 Å². The zero-order chi connectivity index (χ0) is 26.7. The molecule has 0 aliphatic heterocycles. The van der Waals surface area contributed by atoms with Crippen LogP contribution >= 0.6 is 0 Å². The van der Waals surface area contributed by atoms with E-state index in [0.717, 1.165) is 25.7 Å². The summed E-state index contributed by atoms with van der Waals surface area (Å²) in [7, 11) is 0. The van der Waals surface area contributed by atoms with Gasteiger partial charge in [0, 0.05) is 34.1 Å². The van der Waals surface area contributed by atoms with Gasteiger partial charge in [-0.15, -0.1) is 0 Å². The Morgan fingerprint density at radius 1 is 0.325 bits per heavy atom. The van der Waals surface area contributed by atoms with E-state index in [1.54, 1.807) is 0 Å². The molecule has 0 radical (unpaired) electrons. The van der Waals surface area contributed by atoms with Crippen LogP contribution in [0.25, 0.3) is 12.2 Å². The van der Waals surface area contributed by atoms with Crippen LogP contribution in [0.2, 0.25) is 0 Å². The summed E-state index contributed by atoms with van der Waals surface area (Å²) in [6, 6.07) is 48.1. The van der Waals surface area contributed by atoms with Crippen molar-refractivity contribution < 1.29 is 0 Å². The highest BCUT2D eigenvalue weighted by molar-refractivity contribution is 5.79. The number of anilines is 4. The van der Waals surface area contributed by atoms with E-state index >= 15 is 0 Å². The number of nitrogens with zero attached hydrogens (tertiary/aromatic N) is 2. The lowest BCUT2D eigenvalue weighted by molar-refractivity contribution is 0.891. The van der Waals surface area contributed by atoms with E-state index in [1.165, 1.54) is 56.4 Å². The highest BCUT2D eigenvalue weighted by Crippen LogP contribution is 2.39. The van der Waals surface area contributed by atoms with Crippen molar-refractivity contribution in [2.45, 2.75) is 25.7 Å². The molecule has 5 aromatic rings. The van der Waals surface area contributed by atoms with E-state index in [1.807, 2.05) is 0 Å². The van der Waals surface area contributed by atoms with Crippen LogP contribution in [0.1, 0.15) is 35.1 Å². The van der Waals surface area contributed by atoms with E-state index in [0.29, 0.717) is 0 Å². The molecular weight excluding hydrogens is 484 g/mol. The Morgan fingerprint density at radius 2 is 0.675 bits per heavy atom. The first-order chi connectivity index (χ1) is 19.8. The second kappa shape index (κ2) is 10.7. The Bertz CT molecular complexity index is 1550. The van der Waals surface area contributed by atoms with Crippen molar-refractivity contribution >= 4 is 34.9 Å². The van der Waals surface area contributed by atoms with Gasteiger partial charge in [-0.2, -0.15) is 0 Å². The maximum Gasteiger partial charge on any atom is 0.0459 e. The smallest absolute Gasteiger partial charge is 0.0459 e. The summed E-state index contributed by atoms with van der Waals surface area (Å²) in [5.41, 5.74) is 12.9. The van der Waals surface area contributed by atoms with Crippen LogP contribution in [0.3, 0.4) is 0 Å². The standard InChI is InChI=1S/C38H32N2/c1-3-15-33(16-4-1)39(37-21-19-29-11-7-9-13-31(29)27-37)35-23-25-36(26-24-35)40(34-17-5-2-6-18-34)38-22-20-30-12-8-10-14-32(30)28-38/h1-18,23-28H,19-22H2. The Morgan fingerprint density at radius 3 is 1.10 bits per heavy atom. The van der Waals surface area contributed by atoms with Crippen LogP contribution in [0.5, 0.6) is 0 Å². The van der Waals surface area contributed by atoms with Crippen molar-refractivity contribution in [1.29, 1.82) is 0 Å². The van der Waals surface area contributed by atoms with Crippen molar-refractivity contribution in [3.05, 3.63) is 167 Å². The Kier molecular flexibility index (Phi) is 6.51. The Balaban J connectivity index is 1.29. The average molecular weight is 517 g/mol. The first kappa shape index (κ1) is 24.2. The van der Waals surface area contributed by atoms with E-state index in [9.17, 15) is 0 Å². The van der Waals surface area contributed by atoms with Crippen molar-refractivity contribution in [2.24, 2.45) is 0 Å². The summed E-state index contributed by atoms with van der Waals surface area (Å²) >= 11 is 0. The minimum Gasteiger partial charge on any atom is -0.314 e. The third-order valence-corrected chi connectivity index (χ3v) is 8.02. The summed E-state index contributed by atoms with van der Waals surface area (Å²) in [5.74, 6) is 0. The van der Waals surface area contributed by atoms with Gasteiger partial charge in [-0.1, -0.05) is 84.9 Å². The van der Waals surface area contributed by atoms with E-state index in [-0.39, 0.29) is 0 Å². The van der Waals surface area contributed by atoms with E-state index in [2.05, 4.69) is 155 Å². The molecule has 0 amide bonds. The molecule has 0 heterocycles. The predicted molar refractivity (Wildman–Crippen MR) is 169 cm³/mol. The fourth-order valence-corrected chi connectivity index (χ4v) is 6.05. The molecule has 40 heavy (non-hydrogen) atoms. The molecular formula is C38H32N2. The molecule has 0 spiro atoms. The van der Waals surface area contributed by atoms with Gasteiger partial charge in [0.1, 0.15) is 0 Å². The van der Waals surface area contributed by atoms with Gasteiger partial charge < -0.3 is 9.80 Å². The molecule has 5 aromatic carbocycles. The summed E-state index contributed by atoms with van der Waals surface area (Å²) in [4.78, 5) is 4.84. The third-order valence-electron chi connectivity index (χ3n) is 8.02. The van der Waals surface area contributed by atoms with Gasteiger partial charge in [-0.3, -0.25) is 0 Å². The second-order valence-corrected chi connectivity index (χ2v) is 10.5. The number of allylic oxidation sites excluding steroid dienone is 2. The van der Waals surface area contributed by atoms with Crippen LogP contribution in [-0.2, 0) is 12.8 Å². The van der Waals surface area contributed by atoms with Crippen molar-refractivity contribution in [1.82, 2.24) is 0 Å². The molecule has 2 nitrogen and oxygen atoms in total. The minimum atomic E-state index is 1.01. The van der Waals surface area contributed by atoms with Gasteiger partial charge >= 0.3 is 0 Å². The quantitative estimate of drug-likeness (QED) is 0.222. The highest BCUT2D eigenvalue weighted by Gasteiger charge is 2.22. The summed E-state index contributed by atoms with van der Waals surface area (Å²) < 4.78 is 0. The molecule has 0 bridgehead atoms. The fraction of sp³-hybridized carbons (Fsp3) is 0.105. The van der Waals surface area contributed by atoms with Crippen molar-refractivity contribution in [2.75, 3.05) is 9.80 Å². The first-order valence-electron chi connectivity index (χ1n) is 14.2. The third kappa shape index (κ3) is 4.74. The molecule has 0 aromatic heterocycles. The maximum atomic E-state index is 2.42. The molecule has 0 atom stereocenters.